The molecule has 2 N–H and O–H groups in total. The Balaban J connectivity index is 1.77. The zero-order chi connectivity index (χ0) is 19.4. The number of nitrogens with one attached hydrogen (secondary N) is 2. The van der Waals surface area contributed by atoms with E-state index in [0.29, 0.717) is 17.1 Å². The number of aryl methyl sites for hydroxylation is 2. The number of ketones is 1. The minimum absolute atomic E-state index is 0.0186. The predicted octanol–water partition coefficient (Wildman–Crippen LogP) is 4.29. The predicted molar refractivity (Wildman–Crippen MR) is 106 cm³/mol. The van der Waals surface area contributed by atoms with Crippen LogP contribution in [0.2, 0.25) is 0 Å². The molecule has 6 heteroatoms. The van der Waals surface area contributed by atoms with Crippen LogP contribution in [0.15, 0.2) is 54.9 Å². The van der Waals surface area contributed by atoms with E-state index in [-0.39, 0.29) is 17.4 Å². The number of hydrogen-bond donors (Lipinski definition) is 2. The molecule has 0 spiro atoms. The minimum Gasteiger partial charge on any atom is -0.340 e. The van der Waals surface area contributed by atoms with Crippen LogP contribution >= 0.6 is 0 Å². The fourth-order valence-corrected chi connectivity index (χ4v) is 2.65. The monoisotopic (exact) mass is 360 g/mol. The van der Waals surface area contributed by atoms with E-state index in [0.717, 1.165) is 16.8 Å². The quantitative estimate of drug-likeness (QED) is 0.663. The van der Waals surface area contributed by atoms with Crippen molar-refractivity contribution in [2.24, 2.45) is 0 Å². The van der Waals surface area contributed by atoms with Crippen LogP contribution in [-0.4, -0.2) is 21.7 Å². The van der Waals surface area contributed by atoms with Crippen molar-refractivity contribution in [3.8, 4) is 0 Å². The summed E-state index contributed by atoms with van der Waals surface area (Å²) in [4.78, 5) is 32.2. The average molecular weight is 360 g/mol. The molecule has 1 aromatic heterocycles. The van der Waals surface area contributed by atoms with Crippen LogP contribution in [0.1, 0.15) is 38.9 Å². The largest absolute Gasteiger partial charge is 0.340 e. The first-order valence-corrected chi connectivity index (χ1v) is 8.51. The molecule has 0 saturated carbocycles. The SMILES string of the molecule is CC(=O)c1cccc(Nc2cc(C(=O)Nc3ccc(C)cc3C)ncn2)c1. The van der Waals surface area contributed by atoms with Gasteiger partial charge in [0.2, 0.25) is 0 Å². The Kier molecular flexibility index (Phi) is 5.26. The topological polar surface area (TPSA) is 84.0 Å². The summed E-state index contributed by atoms with van der Waals surface area (Å²) in [6, 6.07) is 14.5. The van der Waals surface area contributed by atoms with Crippen molar-refractivity contribution >= 4 is 28.9 Å². The van der Waals surface area contributed by atoms with Crippen LogP contribution in [0.4, 0.5) is 17.2 Å². The normalized spacial score (nSPS) is 10.3. The maximum Gasteiger partial charge on any atom is 0.274 e. The second-order valence-electron chi connectivity index (χ2n) is 6.32. The Morgan fingerprint density at radius 3 is 2.52 bits per heavy atom. The molecule has 2 aromatic carbocycles. The van der Waals surface area contributed by atoms with Gasteiger partial charge in [0, 0.05) is 23.0 Å². The first kappa shape index (κ1) is 18.3. The summed E-state index contributed by atoms with van der Waals surface area (Å²) in [6.45, 7) is 5.46. The molecule has 27 heavy (non-hydrogen) atoms. The fraction of sp³-hybridized carbons (Fsp3) is 0.143. The maximum absolute atomic E-state index is 12.5. The molecule has 1 heterocycles. The van der Waals surface area contributed by atoms with Crippen LogP contribution in [0.25, 0.3) is 0 Å². The molecule has 3 aromatic rings. The number of amides is 1. The number of hydrogen-bond acceptors (Lipinski definition) is 5. The Labute approximate surface area is 157 Å². The Bertz CT molecular complexity index is 1010. The molecule has 3 rings (SSSR count). The van der Waals surface area contributed by atoms with Gasteiger partial charge in [0.15, 0.2) is 5.78 Å². The summed E-state index contributed by atoms with van der Waals surface area (Å²) in [6.07, 6.45) is 1.33. The van der Waals surface area contributed by atoms with Gasteiger partial charge in [0.05, 0.1) is 0 Å². The van der Waals surface area contributed by atoms with Gasteiger partial charge in [-0.2, -0.15) is 0 Å². The average Bonchev–Trinajstić information content (AvgIpc) is 2.64. The van der Waals surface area contributed by atoms with Crippen molar-refractivity contribution in [2.75, 3.05) is 10.6 Å². The van der Waals surface area contributed by atoms with Crippen LogP contribution < -0.4 is 10.6 Å². The van der Waals surface area contributed by atoms with E-state index in [2.05, 4.69) is 20.6 Å². The van der Waals surface area contributed by atoms with E-state index >= 15 is 0 Å². The van der Waals surface area contributed by atoms with Crippen molar-refractivity contribution in [1.29, 1.82) is 0 Å². The van der Waals surface area contributed by atoms with Gasteiger partial charge in [-0.25, -0.2) is 9.97 Å². The molecule has 0 aliphatic heterocycles. The van der Waals surface area contributed by atoms with E-state index in [1.807, 2.05) is 38.1 Å². The second kappa shape index (κ2) is 7.78. The molecule has 0 saturated heterocycles. The summed E-state index contributed by atoms with van der Waals surface area (Å²) >= 11 is 0. The summed E-state index contributed by atoms with van der Waals surface area (Å²) in [5, 5.41) is 5.96. The van der Waals surface area contributed by atoms with Gasteiger partial charge in [-0.1, -0.05) is 29.8 Å². The van der Waals surface area contributed by atoms with E-state index < -0.39 is 0 Å². The molecule has 0 fully saturated rings. The molecule has 1 amide bonds. The van der Waals surface area contributed by atoms with Gasteiger partial charge in [-0.15, -0.1) is 0 Å². The third kappa shape index (κ3) is 4.55. The first-order valence-electron chi connectivity index (χ1n) is 8.51. The maximum atomic E-state index is 12.5. The highest BCUT2D eigenvalue weighted by atomic mass is 16.2. The number of carbonyl (C=O) groups is 2. The lowest BCUT2D eigenvalue weighted by Crippen LogP contribution is -2.15. The molecule has 0 atom stereocenters. The van der Waals surface area contributed by atoms with Gasteiger partial charge >= 0.3 is 0 Å². The minimum atomic E-state index is -0.315. The van der Waals surface area contributed by atoms with E-state index in [4.69, 9.17) is 0 Å². The van der Waals surface area contributed by atoms with Gasteiger partial charge in [-0.3, -0.25) is 9.59 Å². The van der Waals surface area contributed by atoms with Crippen molar-refractivity contribution in [1.82, 2.24) is 9.97 Å². The van der Waals surface area contributed by atoms with Crippen molar-refractivity contribution in [3.05, 3.63) is 77.2 Å². The lowest BCUT2D eigenvalue weighted by Gasteiger charge is -2.10. The highest BCUT2D eigenvalue weighted by molar-refractivity contribution is 6.03. The number of benzene rings is 2. The number of Topliss-reactive ketones (excluding diaryl/α,β-unsaturated/α-hetero) is 1. The second-order valence-corrected chi connectivity index (χ2v) is 6.32. The number of rotatable bonds is 5. The van der Waals surface area contributed by atoms with Crippen LogP contribution in [0.3, 0.4) is 0 Å². The summed E-state index contributed by atoms with van der Waals surface area (Å²) in [7, 11) is 0. The lowest BCUT2D eigenvalue weighted by molar-refractivity contribution is 0.101. The molecule has 136 valence electrons. The van der Waals surface area contributed by atoms with Crippen LogP contribution in [-0.2, 0) is 0 Å². The zero-order valence-corrected chi connectivity index (χ0v) is 15.4. The molecule has 0 radical (unpaired) electrons. The van der Waals surface area contributed by atoms with E-state index in [9.17, 15) is 9.59 Å². The number of nitrogens with zero attached hydrogens (tertiary/aromatic N) is 2. The summed E-state index contributed by atoms with van der Waals surface area (Å²) < 4.78 is 0. The standard InChI is InChI=1S/C21H20N4O2/c1-13-7-8-18(14(2)9-13)25-21(27)19-11-20(23-12-22-19)24-17-6-4-5-16(10-17)15(3)26/h4-12H,1-3H3,(H,25,27)(H,22,23,24). The number of aromatic nitrogens is 2. The molecule has 0 bridgehead atoms. The third-order valence-electron chi connectivity index (χ3n) is 4.07. The van der Waals surface area contributed by atoms with Crippen LogP contribution in [0.5, 0.6) is 0 Å². The van der Waals surface area contributed by atoms with Crippen molar-refractivity contribution in [2.45, 2.75) is 20.8 Å². The lowest BCUT2D eigenvalue weighted by atomic mass is 10.1. The number of carbonyl (C=O) groups excluding carboxylic acids is 2. The van der Waals surface area contributed by atoms with Gasteiger partial charge in [-0.05, 0) is 44.5 Å². The first-order chi connectivity index (χ1) is 12.9. The summed E-state index contributed by atoms with van der Waals surface area (Å²) in [5.74, 6) is 0.135. The van der Waals surface area contributed by atoms with E-state index in [1.54, 1.807) is 24.3 Å². The van der Waals surface area contributed by atoms with Crippen LogP contribution in [0, 0.1) is 13.8 Å². The number of anilines is 3. The highest BCUT2D eigenvalue weighted by Gasteiger charge is 2.11. The molecule has 0 unspecified atom stereocenters. The summed E-state index contributed by atoms with van der Waals surface area (Å²) in [5.41, 5.74) is 4.41. The Morgan fingerprint density at radius 1 is 0.963 bits per heavy atom. The molecule has 0 aliphatic carbocycles. The van der Waals surface area contributed by atoms with Crippen molar-refractivity contribution in [3.63, 3.8) is 0 Å². The van der Waals surface area contributed by atoms with Gasteiger partial charge in [0.1, 0.15) is 17.8 Å². The Morgan fingerprint density at radius 2 is 1.78 bits per heavy atom. The molecular weight excluding hydrogens is 340 g/mol. The Hall–Kier alpha value is -3.54. The van der Waals surface area contributed by atoms with E-state index in [1.165, 1.54) is 13.3 Å². The van der Waals surface area contributed by atoms with Gasteiger partial charge in [0.25, 0.3) is 5.91 Å². The highest BCUT2D eigenvalue weighted by Crippen LogP contribution is 2.19. The van der Waals surface area contributed by atoms with Crippen molar-refractivity contribution < 1.29 is 9.59 Å². The van der Waals surface area contributed by atoms with Gasteiger partial charge < -0.3 is 10.6 Å². The smallest absolute Gasteiger partial charge is 0.274 e. The molecule has 6 nitrogen and oxygen atoms in total. The molecular formula is C21H20N4O2. The molecule has 0 aliphatic rings. The third-order valence-corrected chi connectivity index (χ3v) is 4.07. The zero-order valence-electron chi connectivity index (χ0n) is 15.4. The fourth-order valence-electron chi connectivity index (χ4n) is 2.65.